The Labute approximate surface area is 442 Å². The SMILES string of the molecule is CC1(C)c2ccccc2-c2ccc(N(c3ccccc3)c3ccc(-c4cc(-c5ccc6c(c5)c5ccccc5n6-c5cccc6ccccc56)cc(-c5ccc6c7ccccc7n(-c7ccccc7)c6c5)c4)cc3)cc21. The van der Waals surface area contributed by atoms with Gasteiger partial charge in [0.15, 0.2) is 0 Å². The lowest BCUT2D eigenvalue weighted by atomic mass is 9.82. The molecule has 0 saturated carbocycles. The molecule has 15 rings (SSSR count). The third-order valence-corrected chi connectivity index (χ3v) is 16.3. The van der Waals surface area contributed by atoms with Gasteiger partial charge in [-0.2, -0.15) is 0 Å². The van der Waals surface area contributed by atoms with E-state index in [-0.39, 0.29) is 5.41 Å². The summed E-state index contributed by atoms with van der Waals surface area (Å²) in [6, 6.07) is 101. The van der Waals surface area contributed by atoms with E-state index in [0.29, 0.717) is 0 Å². The number of fused-ring (bicyclic) bond motifs is 10. The van der Waals surface area contributed by atoms with Gasteiger partial charge < -0.3 is 14.0 Å². The van der Waals surface area contributed by atoms with E-state index in [0.717, 1.165) is 50.6 Å². The Hall–Kier alpha value is -9.70. The Morgan fingerprint density at radius 3 is 1.59 bits per heavy atom. The Morgan fingerprint density at radius 1 is 0.289 bits per heavy atom. The second-order valence-corrected chi connectivity index (χ2v) is 20.9. The van der Waals surface area contributed by atoms with Crippen molar-refractivity contribution in [3.05, 3.63) is 284 Å². The van der Waals surface area contributed by atoms with Crippen LogP contribution in [-0.2, 0) is 5.41 Å². The van der Waals surface area contributed by atoms with Crippen LogP contribution >= 0.6 is 0 Å². The second kappa shape index (κ2) is 17.2. The van der Waals surface area contributed by atoms with Gasteiger partial charge in [-0.1, -0.05) is 184 Å². The molecule has 14 aromatic rings. The van der Waals surface area contributed by atoms with Crippen molar-refractivity contribution in [1.29, 1.82) is 0 Å². The van der Waals surface area contributed by atoms with Crippen LogP contribution in [0.4, 0.5) is 17.1 Å². The fraction of sp³-hybridized carbons (Fsp3) is 0.0411. The molecular formula is C73H51N3. The van der Waals surface area contributed by atoms with E-state index < -0.39 is 0 Å². The fourth-order valence-corrected chi connectivity index (χ4v) is 12.6. The van der Waals surface area contributed by atoms with E-state index in [2.05, 4.69) is 301 Å². The minimum absolute atomic E-state index is 0.113. The van der Waals surface area contributed by atoms with Crippen molar-refractivity contribution in [3.63, 3.8) is 0 Å². The third kappa shape index (κ3) is 6.90. The van der Waals surface area contributed by atoms with E-state index >= 15 is 0 Å². The van der Waals surface area contributed by atoms with Crippen molar-refractivity contribution in [2.75, 3.05) is 4.90 Å². The molecule has 0 N–H and O–H groups in total. The summed E-state index contributed by atoms with van der Waals surface area (Å²) in [5, 5.41) is 7.41. The van der Waals surface area contributed by atoms with E-state index in [1.807, 2.05) is 0 Å². The molecule has 3 heteroatoms. The number of aromatic nitrogens is 2. The smallest absolute Gasteiger partial charge is 0.0547 e. The molecule has 76 heavy (non-hydrogen) atoms. The van der Waals surface area contributed by atoms with Crippen molar-refractivity contribution < 1.29 is 0 Å². The van der Waals surface area contributed by atoms with Crippen LogP contribution < -0.4 is 4.90 Å². The summed E-state index contributed by atoms with van der Waals surface area (Å²) in [5.41, 5.74) is 22.7. The maximum absolute atomic E-state index is 2.45. The van der Waals surface area contributed by atoms with Crippen molar-refractivity contribution in [1.82, 2.24) is 9.13 Å². The Morgan fingerprint density at radius 2 is 0.816 bits per heavy atom. The highest BCUT2D eigenvalue weighted by molar-refractivity contribution is 6.13. The van der Waals surface area contributed by atoms with Crippen molar-refractivity contribution in [2.24, 2.45) is 0 Å². The first-order valence-electron chi connectivity index (χ1n) is 26.4. The quantitative estimate of drug-likeness (QED) is 0.148. The molecule has 0 spiro atoms. The number of benzene rings is 12. The average molecular weight is 970 g/mol. The monoisotopic (exact) mass is 969 g/mol. The fourth-order valence-electron chi connectivity index (χ4n) is 12.6. The first kappa shape index (κ1) is 43.8. The molecule has 0 unspecified atom stereocenters. The van der Waals surface area contributed by atoms with Gasteiger partial charge >= 0.3 is 0 Å². The number of rotatable bonds is 8. The number of hydrogen-bond acceptors (Lipinski definition) is 1. The van der Waals surface area contributed by atoms with Gasteiger partial charge in [0.2, 0.25) is 0 Å². The standard InChI is InChI=1S/C73H51N3/c1-73(2)66-28-14-11-25-60(66)61-40-38-58(47-67(61)73)74(55-20-5-3-6-21-55)57-36-32-48(33-37-57)52-42-53(44-54(43-52)51-34-39-64-62-26-12-15-29-69(62)75(72(64)46-51)56-22-7-4-8-23-56)50-35-41-71-65(45-50)63-27-13-16-30-70(63)76(71)68-31-17-19-49-18-9-10-24-59(49)68/h3-47H,1-2H3. The zero-order chi connectivity index (χ0) is 50.5. The molecule has 0 saturated heterocycles. The summed E-state index contributed by atoms with van der Waals surface area (Å²) in [6.07, 6.45) is 0. The van der Waals surface area contributed by atoms with Gasteiger partial charge in [0, 0.05) is 55.1 Å². The van der Waals surface area contributed by atoms with E-state index in [1.54, 1.807) is 0 Å². The van der Waals surface area contributed by atoms with Crippen molar-refractivity contribution >= 4 is 71.4 Å². The molecular weight excluding hydrogens is 919 g/mol. The van der Waals surface area contributed by atoms with Crippen LogP contribution in [0.2, 0.25) is 0 Å². The minimum atomic E-state index is -0.113. The van der Waals surface area contributed by atoms with Gasteiger partial charge in [0.05, 0.1) is 27.8 Å². The first-order valence-corrected chi connectivity index (χ1v) is 26.4. The maximum atomic E-state index is 2.45. The van der Waals surface area contributed by atoms with Gasteiger partial charge in [-0.05, 0) is 164 Å². The molecule has 12 aromatic carbocycles. The van der Waals surface area contributed by atoms with Gasteiger partial charge in [-0.15, -0.1) is 0 Å². The number of para-hydroxylation sites is 4. The molecule has 0 atom stereocenters. The number of hydrogen-bond donors (Lipinski definition) is 0. The summed E-state index contributed by atoms with van der Waals surface area (Å²) in [4.78, 5) is 2.40. The van der Waals surface area contributed by atoms with Crippen LogP contribution in [-0.4, -0.2) is 9.13 Å². The lowest BCUT2D eigenvalue weighted by molar-refractivity contribution is 0.660. The molecule has 2 heterocycles. The zero-order valence-corrected chi connectivity index (χ0v) is 42.3. The average Bonchev–Trinajstić information content (AvgIpc) is 4.14. The van der Waals surface area contributed by atoms with Crippen LogP contribution in [0.5, 0.6) is 0 Å². The van der Waals surface area contributed by atoms with Gasteiger partial charge in [-0.3, -0.25) is 0 Å². The van der Waals surface area contributed by atoms with E-state index in [9.17, 15) is 0 Å². The minimum Gasteiger partial charge on any atom is -0.310 e. The summed E-state index contributed by atoms with van der Waals surface area (Å²) in [5.74, 6) is 0. The molecule has 0 amide bonds. The topological polar surface area (TPSA) is 13.1 Å². The van der Waals surface area contributed by atoms with E-state index in [4.69, 9.17) is 0 Å². The Kier molecular flexibility index (Phi) is 9.92. The van der Waals surface area contributed by atoms with Crippen LogP contribution in [0.3, 0.4) is 0 Å². The van der Waals surface area contributed by atoms with Gasteiger partial charge in [0.25, 0.3) is 0 Å². The normalized spacial score (nSPS) is 12.7. The molecule has 3 nitrogen and oxygen atoms in total. The lowest BCUT2D eigenvalue weighted by Crippen LogP contribution is -2.16. The summed E-state index contributed by atoms with van der Waals surface area (Å²) < 4.78 is 4.86. The molecule has 358 valence electrons. The lowest BCUT2D eigenvalue weighted by Gasteiger charge is -2.28. The molecule has 1 aliphatic carbocycles. The summed E-state index contributed by atoms with van der Waals surface area (Å²) >= 11 is 0. The van der Waals surface area contributed by atoms with Crippen molar-refractivity contribution in [3.8, 4) is 55.9 Å². The highest BCUT2D eigenvalue weighted by atomic mass is 15.1. The van der Waals surface area contributed by atoms with Crippen LogP contribution in [0.15, 0.2) is 273 Å². The molecule has 2 aromatic heterocycles. The van der Waals surface area contributed by atoms with Crippen molar-refractivity contribution in [2.45, 2.75) is 19.3 Å². The van der Waals surface area contributed by atoms with Gasteiger partial charge in [-0.25, -0.2) is 0 Å². The van der Waals surface area contributed by atoms with Crippen LogP contribution in [0.1, 0.15) is 25.0 Å². The largest absolute Gasteiger partial charge is 0.310 e. The number of nitrogens with zero attached hydrogens (tertiary/aromatic N) is 3. The Balaban J connectivity index is 0.899. The highest BCUT2D eigenvalue weighted by Gasteiger charge is 2.36. The zero-order valence-electron chi connectivity index (χ0n) is 42.3. The summed E-state index contributed by atoms with van der Waals surface area (Å²) in [6.45, 7) is 4.71. The number of anilines is 3. The molecule has 1 aliphatic rings. The predicted molar refractivity (Wildman–Crippen MR) is 321 cm³/mol. The second-order valence-electron chi connectivity index (χ2n) is 20.9. The molecule has 0 aliphatic heterocycles. The summed E-state index contributed by atoms with van der Waals surface area (Å²) in [7, 11) is 0. The maximum Gasteiger partial charge on any atom is 0.0547 e. The molecule has 0 fully saturated rings. The van der Waals surface area contributed by atoms with Crippen LogP contribution in [0, 0.1) is 0 Å². The third-order valence-electron chi connectivity index (χ3n) is 16.3. The predicted octanol–water partition coefficient (Wildman–Crippen LogP) is 19.8. The highest BCUT2D eigenvalue weighted by Crippen LogP contribution is 2.51. The van der Waals surface area contributed by atoms with Crippen LogP contribution in [0.25, 0.3) is 110 Å². The van der Waals surface area contributed by atoms with Gasteiger partial charge in [0.1, 0.15) is 0 Å². The Bertz CT molecular complexity index is 4590. The van der Waals surface area contributed by atoms with E-state index in [1.165, 1.54) is 87.9 Å². The first-order chi connectivity index (χ1) is 37.4. The molecule has 0 bridgehead atoms. The molecule has 0 radical (unpaired) electrons.